The summed E-state index contributed by atoms with van der Waals surface area (Å²) in [6, 6.07) is 5.39. The maximum absolute atomic E-state index is 12.9. The zero-order valence-electron chi connectivity index (χ0n) is 14.1. The van der Waals surface area contributed by atoms with E-state index in [0.717, 1.165) is 18.4 Å². The van der Waals surface area contributed by atoms with Crippen LogP contribution < -0.4 is 0 Å². The van der Waals surface area contributed by atoms with Crippen molar-refractivity contribution in [1.82, 2.24) is 14.8 Å². The molecule has 3 heterocycles. The smallest absolute Gasteiger partial charge is 0.271 e. The van der Waals surface area contributed by atoms with Crippen LogP contribution in [0.15, 0.2) is 18.2 Å². The van der Waals surface area contributed by atoms with Gasteiger partial charge in [-0.1, -0.05) is 29.3 Å². The fraction of sp³-hybridized carbons (Fsp3) is 0.444. The highest BCUT2D eigenvalue weighted by molar-refractivity contribution is 6.44. The standard InChI is InChI=1S/C18H19Cl2N3O3/c19-11-3-1-4-12-14(11)15(20)16(21-12)18(25)23-8-6-22(7-9-23)17(24)13-5-2-10-26-13/h1,3-4,13,21H,2,5-10H2/t13-/m1/s1. The molecule has 6 nitrogen and oxygen atoms in total. The molecule has 0 bridgehead atoms. The van der Waals surface area contributed by atoms with Crippen LogP contribution in [-0.4, -0.2) is 65.5 Å². The molecule has 2 aliphatic heterocycles. The van der Waals surface area contributed by atoms with Crippen molar-refractivity contribution < 1.29 is 14.3 Å². The Morgan fingerprint density at radius 2 is 1.85 bits per heavy atom. The van der Waals surface area contributed by atoms with Gasteiger partial charge in [-0.05, 0) is 25.0 Å². The van der Waals surface area contributed by atoms with Crippen molar-refractivity contribution >= 4 is 45.9 Å². The van der Waals surface area contributed by atoms with Gasteiger partial charge >= 0.3 is 0 Å². The maximum Gasteiger partial charge on any atom is 0.271 e. The summed E-state index contributed by atoms with van der Waals surface area (Å²) in [6.07, 6.45) is 1.39. The minimum absolute atomic E-state index is 0.0324. The highest BCUT2D eigenvalue weighted by atomic mass is 35.5. The summed E-state index contributed by atoms with van der Waals surface area (Å²) >= 11 is 12.6. The zero-order chi connectivity index (χ0) is 18.3. The summed E-state index contributed by atoms with van der Waals surface area (Å²) in [4.78, 5) is 31.9. The number of aromatic amines is 1. The van der Waals surface area contributed by atoms with Gasteiger partial charge in [-0.25, -0.2) is 0 Å². The van der Waals surface area contributed by atoms with Crippen LogP contribution >= 0.6 is 23.2 Å². The minimum atomic E-state index is -0.317. The molecule has 2 aromatic rings. The average molecular weight is 396 g/mol. The third-order valence-electron chi connectivity index (χ3n) is 5.01. The van der Waals surface area contributed by atoms with Gasteiger partial charge in [0, 0.05) is 43.7 Å². The topological polar surface area (TPSA) is 65.6 Å². The van der Waals surface area contributed by atoms with E-state index in [2.05, 4.69) is 4.98 Å². The van der Waals surface area contributed by atoms with Crippen LogP contribution in [0.3, 0.4) is 0 Å². The molecule has 0 spiro atoms. The van der Waals surface area contributed by atoms with Gasteiger partial charge in [-0.2, -0.15) is 0 Å². The van der Waals surface area contributed by atoms with Gasteiger partial charge in [-0.3, -0.25) is 9.59 Å². The second kappa shape index (κ2) is 7.10. The summed E-state index contributed by atoms with van der Waals surface area (Å²) in [5.74, 6) is -0.142. The lowest BCUT2D eigenvalue weighted by molar-refractivity contribution is -0.142. The molecule has 2 aliphatic rings. The van der Waals surface area contributed by atoms with Crippen LogP contribution in [-0.2, 0) is 9.53 Å². The van der Waals surface area contributed by atoms with E-state index in [-0.39, 0.29) is 17.9 Å². The molecule has 2 amide bonds. The Balaban J connectivity index is 1.46. The Kier molecular flexibility index (Phi) is 4.82. The van der Waals surface area contributed by atoms with E-state index in [1.165, 1.54) is 0 Å². The van der Waals surface area contributed by atoms with Gasteiger partial charge in [0.25, 0.3) is 11.8 Å². The number of H-pyrrole nitrogens is 1. The van der Waals surface area contributed by atoms with Crippen molar-refractivity contribution in [3.63, 3.8) is 0 Å². The van der Waals surface area contributed by atoms with E-state index < -0.39 is 0 Å². The van der Waals surface area contributed by atoms with Crippen LogP contribution in [0.1, 0.15) is 23.3 Å². The summed E-state index contributed by atoms with van der Waals surface area (Å²) < 4.78 is 5.47. The van der Waals surface area contributed by atoms with Crippen molar-refractivity contribution in [3.05, 3.63) is 33.9 Å². The average Bonchev–Trinajstić information content (AvgIpc) is 3.30. The minimum Gasteiger partial charge on any atom is -0.368 e. The van der Waals surface area contributed by atoms with Gasteiger partial charge in [0.15, 0.2) is 0 Å². The van der Waals surface area contributed by atoms with E-state index in [9.17, 15) is 9.59 Å². The Labute approximate surface area is 161 Å². The molecule has 2 saturated heterocycles. The number of aromatic nitrogens is 1. The van der Waals surface area contributed by atoms with Gasteiger partial charge in [-0.15, -0.1) is 0 Å². The molecule has 1 aromatic carbocycles. The number of hydrogen-bond acceptors (Lipinski definition) is 3. The molecule has 1 atom stereocenters. The fourth-order valence-corrected chi connectivity index (χ4v) is 4.23. The second-order valence-electron chi connectivity index (χ2n) is 6.60. The molecule has 4 rings (SSSR count). The van der Waals surface area contributed by atoms with E-state index in [0.29, 0.717) is 53.9 Å². The molecule has 0 radical (unpaired) electrons. The van der Waals surface area contributed by atoms with Crippen LogP contribution in [0.2, 0.25) is 10.0 Å². The van der Waals surface area contributed by atoms with Crippen molar-refractivity contribution in [1.29, 1.82) is 0 Å². The first-order valence-electron chi connectivity index (χ1n) is 8.71. The van der Waals surface area contributed by atoms with E-state index in [1.54, 1.807) is 21.9 Å². The Bertz CT molecular complexity index is 853. The van der Waals surface area contributed by atoms with Gasteiger partial charge in [0.2, 0.25) is 0 Å². The Hall–Kier alpha value is -1.76. The van der Waals surface area contributed by atoms with E-state index >= 15 is 0 Å². The lowest BCUT2D eigenvalue weighted by Crippen LogP contribution is -2.52. The SMILES string of the molecule is O=C(c1[nH]c2cccc(Cl)c2c1Cl)N1CCN(C(=O)[C@H]2CCCO2)CC1. The summed E-state index contributed by atoms with van der Waals surface area (Å²) in [5.41, 5.74) is 1.08. The molecule has 1 N–H and O–H groups in total. The number of amides is 2. The number of fused-ring (bicyclic) bond motifs is 1. The maximum atomic E-state index is 12.9. The normalized spacial score (nSPS) is 20.8. The highest BCUT2D eigenvalue weighted by Crippen LogP contribution is 2.33. The lowest BCUT2D eigenvalue weighted by atomic mass is 10.2. The zero-order valence-corrected chi connectivity index (χ0v) is 15.6. The van der Waals surface area contributed by atoms with Crippen LogP contribution in [0.25, 0.3) is 10.9 Å². The molecule has 1 aromatic heterocycles. The number of carbonyl (C=O) groups excluding carboxylic acids is 2. The molecule has 2 fully saturated rings. The van der Waals surface area contributed by atoms with Crippen LogP contribution in [0, 0.1) is 0 Å². The monoisotopic (exact) mass is 395 g/mol. The van der Waals surface area contributed by atoms with E-state index in [1.807, 2.05) is 6.07 Å². The number of benzene rings is 1. The first-order chi connectivity index (χ1) is 12.6. The molecule has 26 heavy (non-hydrogen) atoms. The fourth-order valence-electron chi connectivity index (χ4n) is 3.58. The van der Waals surface area contributed by atoms with Gasteiger partial charge in [0.05, 0.1) is 10.0 Å². The highest BCUT2D eigenvalue weighted by Gasteiger charge is 2.32. The molecule has 8 heteroatoms. The van der Waals surface area contributed by atoms with Crippen molar-refractivity contribution in [2.24, 2.45) is 0 Å². The predicted octanol–water partition coefficient (Wildman–Crippen LogP) is 2.94. The number of nitrogens with zero attached hydrogens (tertiary/aromatic N) is 2. The largest absolute Gasteiger partial charge is 0.368 e. The predicted molar refractivity (Wildman–Crippen MR) is 99.8 cm³/mol. The number of halogens is 2. The first-order valence-corrected chi connectivity index (χ1v) is 9.47. The third-order valence-corrected chi connectivity index (χ3v) is 5.70. The van der Waals surface area contributed by atoms with Crippen molar-refractivity contribution in [2.45, 2.75) is 18.9 Å². The molecule has 138 valence electrons. The number of piperazine rings is 1. The summed E-state index contributed by atoms with van der Waals surface area (Å²) in [6.45, 7) is 2.59. The van der Waals surface area contributed by atoms with Gasteiger partial charge < -0.3 is 19.5 Å². The number of rotatable bonds is 2. The number of ether oxygens (including phenoxy) is 1. The molecular weight excluding hydrogens is 377 g/mol. The number of nitrogens with one attached hydrogen (secondary N) is 1. The Morgan fingerprint density at radius 3 is 2.50 bits per heavy atom. The molecular formula is C18H19Cl2N3O3. The van der Waals surface area contributed by atoms with Crippen molar-refractivity contribution in [3.8, 4) is 0 Å². The van der Waals surface area contributed by atoms with Crippen LogP contribution in [0.5, 0.6) is 0 Å². The quantitative estimate of drug-likeness (QED) is 0.849. The first kappa shape index (κ1) is 17.6. The number of carbonyl (C=O) groups is 2. The van der Waals surface area contributed by atoms with Crippen LogP contribution in [0.4, 0.5) is 0 Å². The third kappa shape index (κ3) is 3.06. The van der Waals surface area contributed by atoms with Gasteiger partial charge in [0.1, 0.15) is 11.8 Å². The van der Waals surface area contributed by atoms with Crippen molar-refractivity contribution in [2.75, 3.05) is 32.8 Å². The second-order valence-corrected chi connectivity index (χ2v) is 7.38. The summed E-state index contributed by atoms with van der Waals surface area (Å²) in [5, 5.41) is 1.51. The Morgan fingerprint density at radius 1 is 1.12 bits per heavy atom. The van der Waals surface area contributed by atoms with E-state index in [4.69, 9.17) is 27.9 Å². The number of hydrogen-bond donors (Lipinski definition) is 1. The molecule has 0 unspecified atom stereocenters. The molecule has 0 aliphatic carbocycles. The summed E-state index contributed by atoms with van der Waals surface area (Å²) in [7, 11) is 0. The lowest BCUT2D eigenvalue weighted by Gasteiger charge is -2.35. The molecule has 0 saturated carbocycles.